The normalized spacial score (nSPS) is 17.2. The SMILES string of the molecule is COc1cccc(CCc2ccccc2OCCC2CCCCN2)c1. The van der Waals surface area contributed by atoms with Crippen LogP contribution >= 0.6 is 0 Å². The number of para-hydroxylation sites is 1. The smallest absolute Gasteiger partial charge is 0.122 e. The third-order valence-corrected chi connectivity index (χ3v) is 4.93. The fourth-order valence-corrected chi connectivity index (χ4v) is 3.44. The Hall–Kier alpha value is -2.00. The first-order valence-corrected chi connectivity index (χ1v) is 9.42. The van der Waals surface area contributed by atoms with E-state index in [1.165, 1.54) is 30.4 Å². The van der Waals surface area contributed by atoms with E-state index in [2.05, 4.69) is 41.7 Å². The summed E-state index contributed by atoms with van der Waals surface area (Å²) >= 11 is 0. The second-order valence-electron chi connectivity index (χ2n) is 6.74. The molecule has 1 unspecified atom stereocenters. The highest BCUT2D eigenvalue weighted by Crippen LogP contribution is 2.22. The van der Waals surface area contributed by atoms with Crippen LogP contribution in [0.4, 0.5) is 0 Å². The molecular weight excluding hydrogens is 310 g/mol. The van der Waals surface area contributed by atoms with Gasteiger partial charge in [-0.25, -0.2) is 0 Å². The minimum absolute atomic E-state index is 0.623. The van der Waals surface area contributed by atoms with E-state index in [4.69, 9.17) is 9.47 Å². The predicted molar refractivity (Wildman–Crippen MR) is 103 cm³/mol. The van der Waals surface area contributed by atoms with E-state index in [0.717, 1.165) is 43.9 Å². The number of hydrogen-bond acceptors (Lipinski definition) is 3. The molecule has 1 fully saturated rings. The Kier molecular flexibility index (Phi) is 6.75. The topological polar surface area (TPSA) is 30.5 Å². The number of hydrogen-bond donors (Lipinski definition) is 1. The minimum Gasteiger partial charge on any atom is -0.497 e. The molecule has 0 aromatic heterocycles. The third-order valence-electron chi connectivity index (χ3n) is 4.93. The van der Waals surface area contributed by atoms with Crippen LogP contribution in [0.25, 0.3) is 0 Å². The first kappa shape index (κ1) is 17.8. The van der Waals surface area contributed by atoms with Crippen molar-refractivity contribution in [2.45, 2.75) is 44.6 Å². The van der Waals surface area contributed by atoms with Crippen LogP contribution in [0.1, 0.15) is 36.8 Å². The molecule has 1 saturated heterocycles. The summed E-state index contributed by atoms with van der Waals surface area (Å²) in [5, 5.41) is 3.59. The maximum atomic E-state index is 6.11. The molecular formula is C22H29NO2. The van der Waals surface area contributed by atoms with Crippen molar-refractivity contribution in [3.05, 3.63) is 59.7 Å². The van der Waals surface area contributed by atoms with Crippen LogP contribution < -0.4 is 14.8 Å². The van der Waals surface area contributed by atoms with Gasteiger partial charge in [-0.3, -0.25) is 0 Å². The average Bonchev–Trinajstić information content (AvgIpc) is 2.68. The molecule has 0 radical (unpaired) electrons. The molecule has 1 atom stereocenters. The van der Waals surface area contributed by atoms with Gasteiger partial charge in [0.15, 0.2) is 0 Å². The lowest BCUT2D eigenvalue weighted by Gasteiger charge is -2.23. The number of piperidine rings is 1. The Morgan fingerprint density at radius 1 is 1.04 bits per heavy atom. The van der Waals surface area contributed by atoms with Gasteiger partial charge in [0.1, 0.15) is 11.5 Å². The number of benzene rings is 2. The molecule has 0 saturated carbocycles. The van der Waals surface area contributed by atoms with Crippen molar-refractivity contribution in [1.29, 1.82) is 0 Å². The highest BCUT2D eigenvalue weighted by Gasteiger charge is 2.12. The van der Waals surface area contributed by atoms with E-state index in [1.807, 2.05) is 12.1 Å². The molecule has 3 rings (SSSR count). The van der Waals surface area contributed by atoms with Crippen molar-refractivity contribution in [2.24, 2.45) is 0 Å². The van der Waals surface area contributed by atoms with E-state index < -0.39 is 0 Å². The number of aryl methyl sites for hydroxylation is 2. The molecule has 2 aromatic rings. The largest absolute Gasteiger partial charge is 0.497 e. The fourth-order valence-electron chi connectivity index (χ4n) is 3.44. The van der Waals surface area contributed by atoms with Gasteiger partial charge < -0.3 is 14.8 Å². The van der Waals surface area contributed by atoms with Crippen molar-refractivity contribution < 1.29 is 9.47 Å². The first-order valence-electron chi connectivity index (χ1n) is 9.42. The maximum absolute atomic E-state index is 6.11. The van der Waals surface area contributed by atoms with Crippen LogP contribution in [-0.2, 0) is 12.8 Å². The average molecular weight is 339 g/mol. The van der Waals surface area contributed by atoms with Crippen molar-refractivity contribution in [2.75, 3.05) is 20.3 Å². The Morgan fingerprint density at radius 3 is 2.80 bits per heavy atom. The van der Waals surface area contributed by atoms with E-state index >= 15 is 0 Å². The van der Waals surface area contributed by atoms with Crippen molar-refractivity contribution in [3.63, 3.8) is 0 Å². The lowest BCUT2D eigenvalue weighted by Crippen LogP contribution is -2.35. The van der Waals surface area contributed by atoms with Gasteiger partial charge in [0.25, 0.3) is 0 Å². The van der Waals surface area contributed by atoms with Gasteiger partial charge in [0.05, 0.1) is 13.7 Å². The van der Waals surface area contributed by atoms with Crippen LogP contribution in [0.2, 0.25) is 0 Å². The summed E-state index contributed by atoms with van der Waals surface area (Å²) in [5.41, 5.74) is 2.57. The van der Waals surface area contributed by atoms with Gasteiger partial charge in [-0.05, 0) is 68.0 Å². The van der Waals surface area contributed by atoms with Gasteiger partial charge in [-0.15, -0.1) is 0 Å². The molecule has 1 N–H and O–H groups in total. The lowest BCUT2D eigenvalue weighted by atomic mass is 10.0. The summed E-state index contributed by atoms with van der Waals surface area (Å²) in [7, 11) is 1.71. The van der Waals surface area contributed by atoms with Crippen LogP contribution in [-0.4, -0.2) is 26.3 Å². The second-order valence-corrected chi connectivity index (χ2v) is 6.74. The molecule has 25 heavy (non-hydrogen) atoms. The van der Waals surface area contributed by atoms with Crippen molar-refractivity contribution in [3.8, 4) is 11.5 Å². The zero-order valence-corrected chi connectivity index (χ0v) is 15.2. The summed E-state index contributed by atoms with van der Waals surface area (Å²) in [4.78, 5) is 0. The van der Waals surface area contributed by atoms with Crippen LogP contribution in [0.15, 0.2) is 48.5 Å². The summed E-state index contributed by atoms with van der Waals surface area (Å²) in [5.74, 6) is 1.95. The van der Waals surface area contributed by atoms with Gasteiger partial charge in [-0.1, -0.05) is 36.8 Å². The molecule has 0 amide bonds. The van der Waals surface area contributed by atoms with Gasteiger partial charge in [-0.2, -0.15) is 0 Å². The monoisotopic (exact) mass is 339 g/mol. The van der Waals surface area contributed by atoms with Crippen LogP contribution in [0.3, 0.4) is 0 Å². The Morgan fingerprint density at radius 2 is 1.96 bits per heavy atom. The van der Waals surface area contributed by atoms with Crippen molar-refractivity contribution >= 4 is 0 Å². The second kappa shape index (κ2) is 9.47. The Balaban J connectivity index is 1.53. The summed E-state index contributed by atoms with van der Waals surface area (Å²) < 4.78 is 11.4. The fraction of sp³-hybridized carbons (Fsp3) is 0.455. The lowest BCUT2D eigenvalue weighted by molar-refractivity contribution is 0.266. The third kappa shape index (κ3) is 5.50. The van der Waals surface area contributed by atoms with Crippen LogP contribution in [0, 0.1) is 0 Å². The van der Waals surface area contributed by atoms with Gasteiger partial charge in [0.2, 0.25) is 0 Å². The number of ether oxygens (including phenoxy) is 2. The summed E-state index contributed by atoms with van der Waals surface area (Å²) in [6.45, 7) is 1.94. The standard InChI is InChI=1S/C22H29NO2/c1-24-21-10-6-7-18(17-21)12-13-19-8-2-3-11-22(19)25-16-14-20-9-4-5-15-23-20/h2-3,6-8,10-11,17,20,23H,4-5,9,12-16H2,1H3. The van der Waals surface area contributed by atoms with Crippen LogP contribution in [0.5, 0.6) is 11.5 Å². The molecule has 0 spiro atoms. The van der Waals surface area contributed by atoms with Crippen molar-refractivity contribution in [1.82, 2.24) is 5.32 Å². The molecule has 3 nitrogen and oxygen atoms in total. The Bertz CT molecular complexity index is 650. The highest BCUT2D eigenvalue weighted by molar-refractivity contribution is 5.35. The molecule has 3 heteroatoms. The maximum Gasteiger partial charge on any atom is 0.122 e. The molecule has 0 aliphatic carbocycles. The Labute approximate surface area is 151 Å². The quantitative estimate of drug-likeness (QED) is 0.774. The van der Waals surface area contributed by atoms with E-state index in [0.29, 0.717) is 6.04 Å². The number of rotatable bonds is 8. The van der Waals surface area contributed by atoms with Gasteiger partial charge >= 0.3 is 0 Å². The summed E-state index contributed by atoms with van der Waals surface area (Å²) in [6, 6.07) is 17.3. The molecule has 134 valence electrons. The van der Waals surface area contributed by atoms with Gasteiger partial charge in [0, 0.05) is 6.04 Å². The molecule has 0 bridgehead atoms. The van der Waals surface area contributed by atoms with E-state index in [1.54, 1.807) is 7.11 Å². The first-order chi connectivity index (χ1) is 12.3. The zero-order valence-electron chi connectivity index (χ0n) is 15.2. The number of methoxy groups -OCH3 is 1. The molecule has 2 aromatic carbocycles. The number of nitrogens with one attached hydrogen (secondary N) is 1. The van der Waals surface area contributed by atoms with E-state index in [9.17, 15) is 0 Å². The zero-order chi connectivity index (χ0) is 17.3. The molecule has 1 aliphatic rings. The molecule has 1 aliphatic heterocycles. The molecule has 1 heterocycles. The predicted octanol–water partition coefficient (Wildman–Crippen LogP) is 4.39. The highest BCUT2D eigenvalue weighted by atomic mass is 16.5. The summed E-state index contributed by atoms with van der Waals surface area (Å²) in [6.07, 6.45) is 6.98. The van der Waals surface area contributed by atoms with E-state index in [-0.39, 0.29) is 0 Å². The minimum atomic E-state index is 0.623.